The lowest BCUT2D eigenvalue weighted by molar-refractivity contribution is 0.699. The lowest BCUT2D eigenvalue weighted by Gasteiger charge is -2.03. The van der Waals surface area contributed by atoms with Crippen LogP contribution in [0.2, 0.25) is 5.02 Å². The van der Waals surface area contributed by atoms with Crippen molar-refractivity contribution in [2.45, 2.75) is 19.4 Å². The van der Waals surface area contributed by atoms with E-state index < -0.39 is 0 Å². The molecule has 2 aromatic rings. The Morgan fingerprint density at radius 2 is 2.40 bits per heavy atom. The minimum atomic E-state index is 0.0955. The summed E-state index contributed by atoms with van der Waals surface area (Å²) < 4.78 is 2.81. The van der Waals surface area contributed by atoms with E-state index in [9.17, 15) is 0 Å². The molecule has 0 aromatic carbocycles. The minimum Gasteiger partial charge on any atom is -0.328 e. The van der Waals surface area contributed by atoms with Crippen LogP contribution in [-0.4, -0.2) is 15.4 Å². The Kier molecular flexibility index (Phi) is 3.00. The molecule has 80 valence electrons. The van der Waals surface area contributed by atoms with Crippen molar-refractivity contribution in [3.05, 3.63) is 33.8 Å². The second-order valence-electron chi connectivity index (χ2n) is 3.60. The first-order valence-corrected chi connectivity index (χ1v) is 5.82. The summed E-state index contributed by atoms with van der Waals surface area (Å²) in [5.74, 6) is 0.948. The topological polar surface area (TPSA) is 43.3 Å². The van der Waals surface area contributed by atoms with Gasteiger partial charge in [-0.1, -0.05) is 11.6 Å². The molecule has 0 aliphatic rings. The maximum absolute atomic E-state index is 5.92. The van der Waals surface area contributed by atoms with Gasteiger partial charge in [-0.25, -0.2) is 4.98 Å². The van der Waals surface area contributed by atoms with Gasteiger partial charge in [0.2, 0.25) is 0 Å². The SMILES string of the molecule is CC(N)Cc1nc(Br)c2cc(Cl)ccn12. The summed E-state index contributed by atoms with van der Waals surface area (Å²) in [7, 11) is 0. The normalized spacial score (nSPS) is 13.3. The second kappa shape index (κ2) is 4.12. The molecule has 0 bridgehead atoms. The molecule has 1 atom stereocenters. The molecule has 2 rings (SSSR count). The fourth-order valence-corrected chi connectivity index (χ4v) is 2.18. The summed E-state index contributed by atoms with van der Waals surface area (Å²) in [6, 6.07) is 3.81. The van der Waals surface area contributed by atoms with Gasteiger partial charge in [0.15, 0.2) is 0 Å². The lowest BCUT2D eigenvalue weighted by Crippen LogP contribution is -2.19. The molecule has 0 saturated carbocycles. The zero-order valence-electron chi connectivity index (χ0n) is 8.24. The van der Waals surface area contributed by atoms with Crippen LogP contribution in [0.5, 0.6) is 0 Å². The van der Waals surface area contributed by atoms with Crippen molar-refractivity contribution >= 4 is 33.0 Å². The molecular weight excluding hydrogens is 277 g/mol. The van der Waals surface area contributed by atoms with E-state index in [4.69, 9.17) is 17.3 Å². The first kappa shape index (κ1) is 10.9. The number of aromatic nitrogens is 2. The first-order valence-electron chi connectivity index (χ1n) is 4.65. The second-order valence-corrected chi connectivity index (χ2v) is 4.79. The van der Waals surface area contributed by atoms with Crippen molar-refractivity contribution in [3.63, 3.8) is 0 Å². The Balaban J connectivity index is 2.57. The van der Waals surface area contributed by atoms with Crippen LogP contribution in [0.3, 0.4) is 0 Å². The van der Waals surface area contributed by atoms with Crippen LogP contribution in [-0.2, 0) is 6.42 Å². The maximum Gasteiger partial charge on any atom is 0.132 e. The molecule has 15 heavy (non-hydrogen) atoms. The highest BCUT2D eigenvalue weighted by Crippen LogP contribution is 2.22. The molecule has 5 heteroatoms. The fraction of sp³-hybridized carbons (Fsp3) is 0.300. The summed E-state index contributed by atoms with van der Waals surface area (Å²) in [5.41, 5.74) is 6.73. The third-order valence-electron chi connectivity index (χ3n) is 2.14. The first-order chi connectivity index (χ1) is 7.08. The number of hydrogen-bond donors (Lipinski definition) is 1. The van der Waals surface area contributed by atoms with Crippen molar-refractivity contribution in [3.8, 4) is 0 Å². The van der Waals surface area contributed by atoms with E-state index in [1.807, 2.05) is 29.7 Å². The lowest BCUT2D eigenvalue weighted by atomic mass is 10.2. The van der Waals surface area contributed by atoms with Gasteiger partial charge in [-0.3, -0.25) is 0 Å². The molecular formula is C10H11BrClN3. The van der Waals surface area contributed by atoms with Crippen LogP contribution in [0.1, 0.15) is 12.7 Å². The average Bonchev–Trinajstić information content (AvgIpc) is 2.42. The highest BCUT2D eigenvalue weighted by Gasteiger charge is 2.10. The summed E-state index contributed by atoms with van der Waals surface area (Å²) in [6.07, 6.45) is 2.65. The van der Waals surface area contributed by atoms with Crippen LogP contribution in [0.15, 0.2) is 22.9 Å². The van der Waals surface area contributed by atoms with Crippen LogP contribution < -0.4 is 5.73 Å². The molecule has 0 saturated heterocycles. The molecule has 2 heterocycles. The molecule has 0 amide bonds. The molecule has 2 aromatic heterocycles. The number of imidazole rings is 1. The van der Waals surface area contributed by atoms with E-state index in [1.54, 1.807) is 0 Å². The summed E-state index contributed by atoms with van der Waals surface area (Å²) in [6.45, 7) is 1.96. The van der Waals surface area contributed by atoms with E-state index >= 15 is 0 Å². The highest BCUT2D eigenvalue weighted by molar-refractivity contribution is 9.10. The van der Waals surface area contributed by atoms with Crippen LogP contribution >= 0.6 is 27.5 Å². The quantitative estimate of drug-likeness (QED) is 0.923. The van der Waals surface area contributed by atoms with Crippen molar-refractivity contribution in [1.82, 2.24) is 9.38 Å². The standard InChI is InChI=1S/C10H11BrClN3/c1-6(13)4-9-14-10(11)8-5-7(12)2-3-15(8)9/h2-3,5-6H,4,13H2,1H3. The van der Waals surface area contributed by atoms with Crippen molar-refractivity contribution in [1.29, 1.82) is 0 Å². The predicted octanol–water partition coefficient (Wildman–Crippen LogP) is 2.64. The smallest absolute Gasteiger partial charge is 0.132 e. The van der Waals surface area contributed by atoms with Gasteiger partial charge >= 0.3 is 0 Å². The molecule has 0 spiro atoms. The monoisotopic (exact) mass is 287 g/mol. The molecule has 0 aliphatic carbocycles. The Labute approximate surface area is 101 Å². The number of nitrogens with two attached hydrogens (primary N) is 1. The van der Waals surface area contributed by atoms with E-state index in [2.05, 4.69) is 20.9 Å². The highest BCUT2D eigenvalue weighted by atomic mass is 79.9. The van der Waals surface area contributed by atoms with Gasteiger partial charge in [0.1, 0.15) is 10.4 Å². The van der Waals surface area contributed by atoms with Crippen LogP contribution in [0, 0.1) is 0 Å². The van der Waals surface area contributed by atoms with Gasteiger partial charge in [0.25, 0.3) is 0 Å². The molecule has 0 radical (unpaired) electrons. The Hall–Kier alpha value is -0.580. The number of pyridine rings is 1. The van der Waals surface area contributed by atoms with E-state index in [1.165, 1.54) is 0 Å². The third kappa shape index (κ3) is 2.17. The van der Waals surface area contributed by atoms with Gasteiger partial charge < -0.3 is 10.1 Å². The number of hydrogen-bond acceptors (Lipinski definition) is 2. The van der Waals surface area contributed by atoms with Gasteiger partial charge in [-0.05, 0) is 35.0 Å². The van der Waals surface area contributed by atoms with Crippen LogP contribution in [0.4, 0.5) is 0 Å². The molecule has 0 aliphatic heterocycles. The number of nitrogens with zero attached hydrogens (tertiary/aromatic N) is 2. The van der Waals surface area contributed by atoms with E-state index in [0.717, 1.165) is 22.4 Å². The molecule has 3 nitrogen and oxygen atoms in total. The zero-order chi connectivity index (χ0) is 11.0. The summed E-state index contributed by atoms with van der Waals surface area (Å²) >= 11 is 9.33. The largest absolute Gasteiger partial charge is 0.328 e. The van der Waals surface area contributed by atoms with Gasteiger partial charge in [-0.15, -0.1) is 0 Å². The Morgan fingerprint density at radius 3 is 3.07 bits per heavy atom. The minimum absolute atomic E-state index is 0.0955. The maximum atomic E-state index is 5.92. The Morgan fingerprint density at radius 1 is 1.67 bits per heavy atom. The molecule has 2 N–H and O–H groups in total. The molecule has 1 unspecified atom stereocenters. The fourth-order valence-electron chi connectivity index (χ4n) is 1.51. The third-order valence-corrected chi connectivity index (χ3v) is 2.96. The van der Waals surface area contributed by atoms with Crippen molar-refractivity contribution < 1.29 is 0 Å². The van der Waals surface area contributed by atoms with Gasteiger partial charge in [-0.2, -0.15) is 0 Å². The van der Waals surface area contributed by atoms with Gasteiger partial charge in [0, 0.05) is 23.7 Å². The van der Waals surface area contributed by atoms with Gasteiger partial charge in [0.05, 0.1) is 5.52 Å². The summed E-state index contributed by atoms with van der Waals surface area (Å²) in [4.78, 5) is 4.41. The predicted molar refractivity (Wildman–Crippen MR) is 65.3 cm³/mol. The van der Waals surface area contributed by atoms with Crippen LogP contribution in [0.25, 0.3) is 5.52 Å². The van der Waals surface area contributed by atoms with Crippen molar-refractivity contribution in [2.24, 2.45) is 5.73 Å². The number of rotatable bonds is 2. The van der Waals surface area contributed by atoms with E-state index in [-0.39, 0.29) is 6.04 Å². The van der Waals surface area contributed by atoms with E-state index in [0.29, 0.717) is 5.02 Å². The number of fused-ring (bicyclic) bond motifs is 1. The Bertz CT molecular complexity index is 493. The van der Waals surface area contributed by atoms with Crippen molar-refractivity contribution in [2.75, 3.05) is 0 Å². The number of halogens is 2. The average molecular weight is 289 g/mol. The summed E-state index contributed by atoms with van der Waals surface area (Å²) in [5, 5.41) is 0.704. The molecule has 0 fully saturated rings. The zero-order valence-corrected chi connectivity index (χ0v) is 10.6.